The van der Waals surface area contributed by atoms with Gasteiger partial charge in [-0.15, -0.1) is 0 Å². The zero-order chi connectivity index (χ0) is 12.7. The van der Waals surface area contributed by atoms with E-state index in [9.17, 15) is 0 Å². The van der Waals surface area contributed by atoms with Gasteiger partial charge in [-0.05, 0) is 51.3 Å². The van der Waals surface area contributed by atoms with Gasteiger partial charge in [0.2, 0.25) is 0 Å². The Balaban J connectivity index is -0.000000116. The molecule has 1 nitrogen and oxygen atoms in total. The van der Waals surface area contributed by atoms with E-state index >= 15 is 0 Å². The number of benzene rings is 1. The number of hydrogen-bond donors (Lipinski definition) is 0. The van der Waals surface area contributed by atoms with Gasteiger partial charge in [-0.25, -0.2) is 0 Å². The number of likely N-dealkylation sites (tertiary alicyclic amines) is 1. The molecule has 1 fully saturated rings. The van der Waals surface area contributed by atoms with Crippen LogP contribution >= 0.6 is 0 Å². The fraction of sp³-hybridized carbons (Fsp3) is 0.684. The molecule has 1 heterocycles. The Hall–Kier alpha value is 0.284. The van der Waals surface area contributed by atoms with Crippen LogP contribution in [0.1, 0.15) is 74.3 Å². The molecule has 1 radical (unpaired) electrons. The molecule has 1 aromatic carbocycles. The van der Waals surface area contributed by atoms with E-state index in [1.54, 1.807) is 0 Å². The largest absolute Gasteiger partial charge is 0.301 e. The summed E-state index contributed by atoms with van der Waals surface area (Å²) < 4.78 is 0. The van der Waals surface area contributed by atoms with E-state index < -0.39 is 0 Å². The van der Waals surface area contributed by atoms with Crippen molar-refractivity contribution in [2.75, 3.05) is 13.1 Å². The fourth-order valence-electron chi connectivity index (χ4n) is 2.10. The molecule has 0 bridgehead atoms. The Bertz CT molecular complexity index is 290. The second-order valence-corrected chi connectivity index (χ2v) is 5.40. The van der Waals surface area contributed by atoms with Crippen molar-refractivity contribution < 1.29 is 32.7 Å². The standard InChI is InChI=1S/C9H12.C7H15N.3CH4.Y/c1-8(2)9-6-4-3-5-7-9;1-7(2)8-5-3-4-6-8;;;;/h3-8H,1-2H3;7H,3-6H2,1-2H3;3*1H4;. The average molecular weight is 370 g/mol. The molecule has 2 heteroatoms. The molecular weight excluding hydrogens is 331 g/mol. The van der Waals surface area contributed by atoms with E-state index in [2.05, 4.69) is 56.9 Å². The molecule has 123 valence electrons. The molecule has 0 amide bonds. The van der Waals surface area contributed by atoms with Crippen LogP contribution in [0.25, 0.3) is 0 Å². The molecule has 1 saturated heterocycles. The summed E-state index contributed by atoms with van der Waals surface area (Å²) >= 11 is 0. The second-order valence-electron chi connectivity index (χ2n) is 5.40. The average Bonchev–Trinajstić information content (AvgIpc) is 2.84. The summed E-state index contributed by atoms with van der Waals surface area (Å²) in [5.74, 6) is 0.659. The maximum atomic E-state index is 2.53. The number of nitrogens with zero attached hydrogens (tertiary/aromatic N) is 1. The van der Waals surface area contributed by atoms with Gasteiger partial charge < -0.3 is 4.90 Å². The van der Waals surface area contributed by atoms with Crippen LogP contribution in [0, 0.1) is 0 Å². The molecule has 0 atom stereocenters. The molecule has 1 aromatic rings. The zero-order valence-corrected chi connectivity index (χ0v) is 15.2. The molecule has 0 N–H and O–H groups in total. The van der Waals surface area contributed by atoms with E-state index in [1.807, 2.05) is 6.07 Å². The molecule has 21 heavy (non-hydrogen) atoms. The Kier molecular flexibility index (Phi) is 23.2. The van der Waals surface area contributed by atoms with Crippen LogP contribution in [0.5, 0.6) is 0 Å². The maximum absolute atomic E-state index is 2.53. The van der Waals surface area contributed by atoms with Crippen molar-refractivity contribution in [3.63, 3.8) is 0 Å². The Labute approximate surface area is 160 Å². The molecule has 0 aromatic heterocycles. The third-order valence-electron chi connectivity index (χ3n) is 3.34. The van der Waals surface area contributed by atoms with Crippen LogP contribution < -0.4 is 0 Å². The van der Waals surface area contributed by atoms with Gasteiger partial charge >= 0.3 is 0 Å². The monoisotopic (exact) mass is 370 g/mol. The molecule has 1 aliphatic heterocycles. The second kappa shape index (κ2) is 16.7. The van der Waals surface area contributed by atoms with Gasteiger partial charge in [0.25, 0.3) is 0 Å². The third-order valence-corrected chi connectivity index (χ3v) is 3.34. The van der Waals surface area contributed by atoms with Crippen molar-refractivity contribution in [2.45, 2.75) is 74.8 Å². The van der Waals surface area contributed by atoms with Crippen molar-refractivity contribution in [2.24, 2.45) is 0 Å². The molecular formula is C19H39NY. The van der Waals surface area contributed by atoms with Crippen molar-refractivity contribution in [3.8, 4) is 0 Å². The SMILES string of the molecule is C.C.C.CC(C)N1CCCC1.CC(C)c1ccccc1.[Y]. The number of hydrogen-bond acceptors (Lipinski definition) is 1. The molecule has 0 spiro atoms. The van der Waals surface area contributed by atoms with Crippen molar-refractivity contribution >= 4 is 0 Å². The first-order chi connectivity index (χ1) is 8.11. The zero-order valence-electron chi connectivity index (χ0n) is 12.4. The first kappa shape index (κ1) is 29.3. The minimum Gasteiger partial charge on any atom is -0.301 e. The summed E-state index contributed by atoms with van der Waals surface area (Å²) in [6.45, 7) is 11.6. The minimum atomic E-state index is 0. The van der Waals surface area contributed by atoms with Gasteiger partial charge in [-0.1, -0.05) is 66.5 Å². The summed E-state index contributed by atoms with van der Waals surface area (Å²) in [5.41, 5.74) is 1.41. The molecule has 1 aliphatic rings. The fourth-order valence-corrected chi connectivity index (χ4v) is 2.10. The number of rotatable bonds is 2. The minimum absolute atomic E-state index is 0. The van der Waals surface area contributed by atoms with Crippen molar-refractivity contribution in [1.82, 2.24) is 4.90 Å². The predicted molar refractivity (Wildman–Crippen MR) is 96.7 cm³/mol. The normalized spacial score (nSPS) is 13.0. The predicted octanol–water partition coefficient (Wildman–Crippen LogP) is 6.21. The van der Waals surface area contributed by atoms with E-state index in [4.69, 9.17) is 0 Å². The third kappa shape index (κ3) is 12.5. The van der Waals surface area contributed by atoms with Gasteiger partial charge in [0.1, 0.15) is 0 Å². The molecule has 0 unspecified atom stereocenters. The van der Waals surface area contributed by atoms with Gasteiger partial charge in [0.15, 0.2) is 0 Å². The van der Waals surface area contributed by atoms with Crippen molar-refractivity contribution in [1.29, 1.82) is 0 Å². The Morgan fingerprint density at radius 3 is 1.48 bits per heavy atom. The molecule has 0 saturated carbocycles. The van der Waals surface area contributed by atoms with E-state index in [-0.39, 0.29) is 55.0 Å². The van der Waals surface area contributed by atoms with Crippen molar-refractivity contribution in [3.05, 3.63) is 35.9 Å². The summed E-state index contributed by atoms with van der Waals surface area (Å²) in [6.07, 6.45) is 2.83. The smallest absolute Gasteiger partial charge is 0.00385 e. The Morgan fingerprint density at radius 1 is 0.810 bits per heavy atom. The molecule has 0 aliphatic carbocycles. The topological polar surface area (TPSA) is 3.24 Å². The van der Waals surface area contributed by atoms with Crippen LogP contribution in [0.15, 0.2) is 30.3 Å². The van der Waals surface area contributed by atoms with Crippen LogP contribution in [0.3, 0.4) is 0 Å². The van der Waals surface area contributed by atoms with E-state index in [0.717, 1.165) is 6.04 Å². The summed E-state index contributed by atoms with van der Waals surface area (Å²) in [5, 5.41) is 0. The first-order valence-electron chi connectivity index (χ1n) is 6.90. The van der Waals surface area contributed by atoms with Gasteiger partial charge in [-0.3, -0.25) is 0 Å². The van der Waals surface area contributed by atoms with Crippen LogP contribution in [0.4, 0.5) is 0 Å². The van der Waals surface area contributed by atoms with E-state index in [0.29, 0.717) is 5.92 Å². The van der Waals surface area contributed by atoms with Gasteiger partial charge in [0, 0.05) is 38.8 Å². The van der Waals surface area contributed by atoms with Crippen LogP contribution in [-0.2, 0) is 32.7 Å². The summed E-state index contributed by atoms with van der Waals surface area (Å²) in [7, 11) is 0. The van der Waals surface area contributed by atoms with Crippen LogP contribution in [0.2, 0.25) is 0 Å². The van der Waals surface area contributed by atoms with E-state index in [1.165, 1.54) is 31.5 Å². The quantitative estimate of drug-likeness (QED) is 0.598. The summed E-state index contributed by atoms with van der Waals surface area (Å²) in [6, 6.07) is 11.3. The maximum Gasteiger partial charge on any atom is 0.00385 e. The van der Waals surface area contributed by atoms with Crippen LogP contribution in [-0.4, -0.2) is 24.0 Å². The van der Waals surface area contributed by atoms with Gasteiger partial charge in [0.05, 0.1) is 0 Å². The Morgan fingerprint density at radius 2 is 1.24 bits per heavy atom. The summed E-state index contributed by atoms with van der Waals surface area (Å²) in [4.78, 5) is 2.53. The first-order valence-corrected chi connectivity index (χ1v) is 6.90. The molecule has 2 rings (SSSR count). The van der Waals surface area contributed by atoms with Gasteiger partial charge in [-0.2, -0.15) is 0 Å².